The van der Waals surface area contributed by atoms with Gasteiger partial charge in [0.1, 0.15) is 19.5 Å². The first kappa shape index (κ1) is 36.1. The van der Waals surface area contributed by atoms with Gasteiger partial charge in [-0.15, -0.1) is 0 Å². The van der Waals surface area contributed by atoms with E-state index in [0.717, 1.165) is 25.9 Å². The normalized spacial score (nSPS) is 10.8. The molecule has 0 bridgehead atoms. The Morgan fingerprint density at radius 3 is 1.62 bits per heavy atom. The Morgan fingerprint density at radius 2 is 1.10 bits per heavy atom. The molecule has 0 unspecified atom stereocenters. The van der Waals surface area contributed by atoms with Crippen molar-refractivity contribution in [2.24, 2.45) is 0 Å². The van der Waals surface area contributed by atoms with Crippen molar-refractivity contribution in [2.75, 3.05) is 72.3 Å². The van der Waals surface area contributed by atoms with Gasteiger partial charge in [-0.25, -0.2) is 9.59 Å². The van der Waals surface area contributed by atoms with Crippen LogP contribution in [0.4, 0.5) is 9.59 Å². The van der Waals surface area contributed by atoms with Crippen LogP contribution >= 0.6 is 0 Å². The Hall–Kier alpha value is -2.93. The number of likely N-dealkylation sites (N-methyl/N-ethyl adjacent to an activating group) is 1. The van der Waals surface area contributed by atoms with Gasteiger partial charge in [0, 0.05) is 45.4 Å². The fraction of sp³-hybridized carbons (Fsp3) is 0.808. The number of carbonyl (C=O) groups excluding carboxylic acids is 4. The quantitative estimate of drug-likeness (QED) is 0.0750. The molecule has 0 aromatic carbocycles. The zero-order valence-corrected chi connectivity index (χ0v) is 23.4. The van der Waals surface area contributed by atoms with Crippen molar-refractivity contribution in [3.8, 4) is 0 Å². The smallest absolute Gasteiger partial charge is 0.481 e. The highest BCUT2D eigenvalue weighted by Crippen LogP contribution is 2.02. The van der Waals surface area contributed by atoms with Gasteiger partial charge in [0.25, 0.3) is 0 Å². The number of hydrogen-bond donors (Lipinski definition) is 1. The van der Waals surface area contributed by atoms with Crippen molar-refractivity contribution < 1.29 is 52.8 Å². The molecule has 13 nitrogen and oxygen atoms in total. The first-order valence-electron chi connectivity index (χ1n) is 13.7. The predicted molar refractivity (Wildman–Crippen MR) is 140 cm³/mol. The number of carboxylic acids is 1. The zero-order valence-electron chi connectivity index (χ0n) is 23.4. The molecule has 0 saturated heterocycles. The third-order valence-corrected chi connectivity index (χ3v) is 5.61. The van der Waals surface area contributed by atoms with E-state index in [4.69, 9.17) is 28.8 Å². The van der Waals surface area contributed by atoms with Crippen molar-refractivity contribution >= 4 is 30.5 Å². The number of esters is 1. The fourth-order valence-corrected chi connectivity index (χ4v) is 3.24. The van der Waals surface area contributed by atoms with E-state index in [9.17, 15) is 24.0 Å². The van der Waals surface area contributed by atoms with Gasteiger partial charge in [-0.2, -0.15) is 0 Å². The van der Waals surface area contributed by atoms with E-state index in [-0.39, 0.29) is 51.8 Å². The molecule has 0 amide bonds. The van der Waals surface area contributed by atoms with E-state index < -0.39 is 18.3 Å². The molecule has 1 N–H and O–H groups in total. The summed E-state index contributed by atoms with van der Waals surface area (Å²) < 4.78 is 25.2. The van der Waals surface area contributed by atoms with Crippen LogP contribution in [0.25, 0.3) is 0 Å². The summed E-state index contributed by atoms with van der Waals surface area (Å²) in [6.07, 6.45) is 2.14. The Balaban J connectivity index is 4.17. The van der Waals surface area contributed by atoms with Crippen molar-refractivity contribution in [1.82, 2.24) is 9.80 Å². The Kier molecular flexibility index (Phi) is 23.4. The molecule has 0 aromatic heterocycles. The van der Waals surface area contributed by atoms with Gasteiger partial charge in [0.05, 0.1) is 19.8 Å². The number of rotatable bonds is 25. The molecular weight excluding hydrogens is 516 g/mol. The van der Waals surface area contributed by atoms with Crippen molar-refractivity contribution in [3.05, 3.63) is 0 Å². The molecule has 0 atom stereocenters. The maximum absolute atomic E-state index is 11.9. The first-order chi connectivity index (χ1) is 18.8. The average Bonchev–Trinajstić information content (AvgIpc) is 2.90. The number of nitrogens with zero attached hydrogens (tertiary/aromatic N) is 2. The first-order valence-corrected chi connectivity index (χ1v) is 13.7. The van der Waals surface area contributed by atoms with E-state index in [1.807, 2.05) is 4.90 Å². The maximum Gasteiger partial charge on any atom is 0.508 e. The number of unbranched alkanes of at least 4 members (excludes halogenated alkanes) is 3. The van der Waals surface area contributed by atoms with Crippen LogP contribution in [0.2, 0.25) is 0 Å². The summed E-state index contributed by atoms with van der Waals surface area (Å²) in [5.41, 5.74) is 0. The van der Waals surface area contributed by atoms with Crippen molar-refractivity contribution in [3.63, 3.8) is 0 Å². The number of carbonyl (C=O) groups is 5. The molecule has 0 spiro atoms. The third kappa shape index (κ3) is 23.9. The lowest BCUT2D eigenvalue weighted by molar-refractivity contribution is -0.144. The minimum Gasteiger partial charge on any atom is -0.481 e. The maximum atomic E-state index is 11.9. The second kappa shape index (κ2) is 25.4. The molecule has 39 heavy (non-hydrogen) atoms. The summed E-state index contributed by atoms with van der Waals surface area (Å²) in [7, 11) is 0. The Morgan fingerprint density at radius 1 is 0.615 bits per heavy atom. The summed E-state index contributed by atoms with van der Waals surface area (Å²) >= 11 is 0. The van der Waals surface area contributed by atoms with Crippen LogP contribution in [-0.2, 0) is 38.1 Å². The standard InChI is InChI=1S/C26H46N2O11/c1-3-27(4-2)13-14-28(15-21-38-25(33)36-19-8-5-11-23(30)31)16-22-39-26(34)37-20-9-6-12-24(32)35-18-10-7-17-29/h17H,3-16,18-22H2,1-2H3,(H,30,31). The minimum atomic E-state index is -0.890. The monoisotopic (exact) mass is 562 g/mol. The summed E-state index contributed by atoms with van der Waals surface area (Å²) in [5.74, 6) is -1.24. The molecule has 0 aromatic rings. The predicted octanol–water partition coefficient (Wildman–Crippen LogP) is 2.88. The molecule has 0 aliphatic heterocycles. The van der Waals surface area contributed by atoms with Gasteiger partial charge in [-0.05, 0) is 45.2 Å². The lowest BCUT2D eigenvalue weighted by atomic mass is 10.2. The van der Waals surface area contributed by atoms with Crippen molar-refractivity contribution in [2.45, 2.75) is 65.2 Å². The fourth-order valence-electron chi connectivity index (χ4n) is 3.24. The number of ether oxygens (including phenoxy) is 5. The van der Waals surface area contributed by atoms with Crippen LogP contribution in [0.1, 0.15) is 65.2 Å². The van der Waals surface area contributed by atoms with Crippen LogP contribution in [0.15, 0.2) is 0 Å². The average molecular weight is 563 g/mol. The van der Waals surface area contributed by atoms with E-state index in [1.165, 1.54) is 0 Å². The number of hydrogen-bond acceptors (Lipinski definition) is 12. The molecule has 13 heteroatoms. The molecule has 0 rings (SSSR count). The highest BCUT2D eigenvalue weighted by atomic mass is 16.7. The molecule has 0 fully saturated rings. The van der Waals surface area contributed by atoms with Gasteiger partial charge < -0.3 is 38.5 Å². The molecule has 226 valence electrons. The Labute approximate surface area is 231 Å². The zero-order chi connectivity index (χ0) is 29.1. The van der Waals surface area contributed by atoms with Crippen molar-refractivity contribution in [1.29, 1.82) is 0 Å². The van der Waals surface area contributed by atoms with Gasteiger partial charge in [0.2, 0.25) is 0 Å². The van der Waals surface area contributed by atoms with E-state index >= 15 is 0 Å². The second-order valence-corrected chi connectivity index (χ2v) is 8.60. The largest absolute Gasteiger partial charge is 0.508 e. The van der Waals surface area contributed by atoms with Gasteiger partial charge >= 0.3 is 24.2 Å². The number of aldehydes is 1. The molecule has 0 aliphatic carbocycles. The topological polar surface area (TPSA) is 158 Å². The summed E-state index contributed by atoms with van der Waals surface area (Å²) in [5, 5.41) is 8.60. The van der Waals surface area contributed by atoms with Crippen LogP contribution < -0.4 is 0 Å². The summed E-state index contributed by atoms with van der Waals surface area (Å²) in [6, 6.07) is 0. The van der Waals surface area contributed by atoms with Crippen LogP contribution in [0.3, 0.4) is 0 Å². The lowest BCUT2D eigenvalue weighted by Crippen LogP contribution is -2.39. The molecular formula is C26H46N2O11. The van der Waals surface area contributed by atoms with Gasteiger partial charge in [0.15, 0.2) is 0 Å². The molecule has 0 radical (unpaired) electrons. The molecule has 0 aliphatic rings. The van der Waals surface area contributed by atoms with E-state index in [0.29, 0.717) is 58.2 Å². The summed E-state index contributed by atoms with van der Waals surface area (Å²) in [6.45, 7) is 8.88. The van der Waals surface area contributed by atoms with Gasteiger partial charge in [-0.3, -0.25) is 14.5 Å². The summed E-state index contributed by atoms with van der Waals surface area (Å²) in [4.78, 5) is 60.1. The molecule has 0 heterocycles. The highest BCUT2D eigenvalue weighted by Gasteiger charge is 2.12. The number of aliphatic carboxylic acids is 1. The third-order valence-electron chi connectivity index (χ3n) is 5.61. The number of carboxylic acid groups (broad SMARTS) is 1. The second-order valence-electron chi connectivity index (χ2n) is 8.60. The highest BCUT2D eigenvalue weighted by molar-refractivity contribution is 5.69. The molecule has 0 saturated carbocycles. The van der Waals surface area contributed by atoms with E-state index in [2.05, 4.69) is 18.7 Å². The minimum absolute atomic E-state index is 0.0248. The van der Waals surface area contributed by atoms with Crippen LogP contribution in [-0.4, -0.2) is 118 Å². The van der Waals surface area contributed by atoms with Crippen LogP contribution in [0, 0.1) is 0 Å². The van der Waals surface area contributed by atoms with E-state index in [1.54, 1.807) is 0 Å². The SMILES string of the molecule is CCN(CC)CCN(CCOC(=O)OCCCCC(=O)O)CCOC(=O)OCCCCC(=O)OCCCC=O. The lowest BCUT2D eigenvalue weighted by Gasteiger charge is -2.25. The van der Waals surface area contributed by atoms with Gasteiger partial charge in [-0.1, -0.05) is 13.8 Å². The Bertz CT molecular complexity index is 687. The van der Waals surface area contributed by atoms with Crippen LogP contribution in [0.5, 0.6) is 0 Å².